The predicted molar refractivity (Wildman–Crippen MR) is 124 cm³/mol. The Morgan fingerprint density at radius 1 is 1.33 bits per heavy atom. The first kappa shape index (κ1) is 23.2. The molecule has 1 aliphatic heterocycles. The van der Waals surface area contributed by atoms with Crippen molar-refractivity contribution in [2.24, 2.45) is 0 Å². The summed E-state index contributed by atoms with van der Waals surface area (Å²) in [6.07, 6.45) is 4.35. The molecule has 4 rings (SSSR count). The third-order valence-electron chi connectivity index (χ3n) is 5.48. The van der Waals surface area contributed by atoms with E-state index in [1.165, 1.54) is 12.4 Å². The SMILES string of the molecule is CN(C)C/C=C/C(=O)N1CCc2c(sc3ncnc(N[C@H](CO)c4ccccc4)c23)C1(F)F. The quantitative estimate of drug-likeness (QED) is 0.405. The average Bonchev–Trinajstić information content (AvgIpc) is 3.19. The predicted octanol–water partition coefficient (Wildman–Crippen LogP) is 3.39. The topological polar surface area (TPSA) is 81.6 Å². The van der Waals surface area contributed by atoms with Crippen molar-refractivity contribution in [3.8, 4) is 0 Å². The van der Waals surface area contributed by atoms with Crippen LogP contribution in [-0.2, 0) is 17.3 Å². The third kappa shape index (κ3) is 4.59. The molecule has 3 heterocycles. The Hall–Kier alpha value is -2.95. The monoisotopic (exact) mass is 473 g/mol. The second-order valence-corrected chi connectivity index (χ2v) is 9.05. The Balaban J connectivity index is 1.68. The maximum absolute atomic E-state index is 15.4. The van der Waals surface area contributed by atoms with Gasteiger partial charge < -0.3 is 15.3 Å². The van der Waals surface area contributed by atoms with E-state index >= 15 is 8.78 Å². The molecule has 0 saturated heterocycles. The number of carbonyl (C=O) groups is 1. The van der Waals surface area contributed by atoms with Crippen LogP contribution in [0.15, 0.2) is 48.8 Å². The Morgan fingerprint density at radius 3 is 2.79 bits per heavy atom. The number of fused-ring (bicyclic) bond motifs is 3. The molecule has 0 spiro atoms. The average molecular weight is 474 g/mol. The molecule has 1 aromatic carbocycles. The van der Waals surface area contributed by atoms with Crippen molar-refractivity contribution < 1.29 is 18.7 Å². The third-order valence-corrected chi connectivity index (χ3v) is 6.68. The molecular formula is C23H25F2N5O2S. The maximum atomic E-state index is 15.4. The zero-order chi connectivity index (χ0) is 23.6. The molecule has 0 saturated carbocycles. The van der Waals surface area contributed by atoms with Crippen molar-refractivity contribution in [1.82, 2.24) is 19.8 Å². The number of anilines is 1. The van der Waals surface area contributed by atoms with Crippen LogP contribution in [0.2, 0.25) is 0 Å². The summed E-state index contributed by atoms with van der Waals surface area (Å²) >= 11 is 0.871. The minimum Gasteiger partial charge on any atom is -0.394 e. The fourth-order valence-electron chi connectivity index (χ4n) is 3.86. The molecule has 2 N–H and O–H groups in total. The summed E-state index contributed by atoms with van der Waals surface area (Å²) in [5.41, 5.74) is 1.29. The Morgan fingerprint density at radius 2 is 2.09 bits per heavy atom. The molecule has 0 fully saturated rings. The molecule has 3 aromatic rings. The number of rotatable bonds is 7. The lowest BCUT2D eigenvalue weighted by molar-refractivity contribution is -0.176. The number of benzene rings is 1. The first-order chi connectivity index (χ1) is 15.8. The summed E-state index contributed by atoms with van der Waals surface area (Å²) in [6, 6.07) is 5.44. The van der Waals surface area contributed by atoms with Gasteiger partial charge in [0.25, 0.3) is 5.91 Å². The Labute approximate surface area is 194 Å². The maximum Gasteiger partial charge on any atom is 0.364 e. The number of alkyl halides is 2. The van der Waals surface area contributed by atoms with Gasteiger partial charge in [0, 0.05) is 19.2 Å². The van der Waals surface area contributed by atoms with Crippen LogP contribution in [0.3, 0.4) is 0 Å². The van der Waals surface area contributed by atoms with Crippen LogP contribution in [0.1, 0.15) is 22.0 Å². The van der Waals surface area contributed by atoms with Crippen LogP contribution in [0.5, 0.6) is 0 Å². The number of amides is 1. The van der Waals surface area contributed by atoms with E-state index < -0.39 is 18.0 Å². The second-order valence-electron chi connectivity index (χ2n) is 8.05. The number of halogens is 2. The normalized spacial score (nSPS) is 16.4. The highest BCUT2D eigenvalue weighted by Crippen LogP contribution is 2.47. The molecule has 7 nitrogen and oxygen atoms in total. The van der Waals surface area contributed by atoms with Gasteiger partial charge in [0.1, 0.15) is 21.9 Å². The minimum atomic E-state index is -3.45. The van der Waals surface area contributed by atoms with E-state index in [1.54, 1.807) is 6.08 Å². The lowest BCUT2D eigenvalue weighted by Crippen LogP contribution is -2.47. The largest absolute Gasteiger partial charge is 0.394 e. The standard InChI is InChI=1S/C23H25F2N5O2S/c1-29(2)11-6-9-18(32)30-12-10-16-19-21(28-17(13-31)15-7-4-3-5-8-15)26-14-27-22(19)33-20(16)23(30,24)25/h3-9,14,17,31H,10-13H2,1-2H3,(H,26,27,28)/b9-6+/t17-/m1/s1. The summed E-state index contributed by atoms with van der Waals surface area (Å²) in [6.45, 7) is 0.171. The zero-order valence-corrected chi connectivity index (χ0v) is 19.1. The van der Waals surface area contributed by atoms with Gasteiger partial charge >= 0.3 is 6.05 Å². The summed E-state index contributed by atoms with van der Waals surface area (Å²) < 4.78 is 30.8. The van der Waals surface area contributed by atoms with Crippen molar-refractivity contribution in [3.63, 3.8) is 0 Å². The first-order valence-corrected chi connectivity index (χ1v) is 11.3. The van der Waals surface area contributed by atoms with Crippen LogP contribution in [0, 0.1) is 0 Å². The number of nitrogens with one attached hydrogen (secondary N) is 1. The number of carbonyl (C=O) groups excluding carboxylic acids is 1. The van der Waals surface area contributed by atoms with Crippen LogP contribution in [0.4, 0.5) is 14.6 Å². The number of aliphatic hydroxyl groups excluding tert-OH is 1. The van der Waals surface area contributed by atoms with Gasteiger partial charge in [-0.05, 0) is 31.6 Å². The van der Waals surface area contributed by atoms with Gasteiger partial charge in [-0.25, -0.2) is 9.97 Å². The summed E-state index contributed by atoms with van der Waals surface area (Å²) in [5.74, 6) is -0.333. The molecule has 33 heavy (non-hydrogen) atoms. The highest BCUT2D eigenvalue weighted by Gasteiger charge is 2.48. The van der Waals surface area contributed by atoms with Crippen molar-refractivity contribution in [2.75, 3.05) is 39.1 Å². The number of likely N-dealkylation sites (N-methyl/N-ethyl adjacent to an activating group) is 1. The van der Waals surface area contributed by atoms with E-state index in [9.17, 15) is 9.90 Å². The van der Waals surface area contributed by atoms with Crippen LogP contribution < -0.4 is 5.32 Å². The lowest BCUT2D eigenvalue weighted by Gasteiger charge is -2.34. The molecule has 174 valence electrons. The summed E-state index contributed by atoms with van der Waals surface area (Å²) in [5, 5.41) is 13.6. The Bertz CT molecular complexity index is 1170. The fourth-order valence-corrected chi connectivity index (χ4v) is 5.03. The number of nitrogens with zero attached hydrogens (tertiary/aromatic N) is 4. The number of aliphatic hydroxyl groups is 1. The Kier molecular flexibility index (Phi) is 6.68. The van der Waals surface area contributed by atoms with Gasteiger partial charge in [-0.3, -0.25) is 9.69 Å². The van der Waals surface area contributed by atoms with E-state index in [2.05, 4.69) is 15.3 Å². The van der Waals surface area contributed by atoms with Gasteiger partial charge in [0.2, 0.25) is 0 Å². The van der Waals surface area contributed by atoms with E-state index in [0.29, 0.717) is 33.0 Å². The first-order valence-electron chi connectivity index (χ1n) is 10.5. The van der Waals surface area contributed by atoms with E-state index in [4.69, 9.17) is 0 Å². The number of hydrogen-bond acceptors (Lipinski definition) is 7. The van der Waals surface area contributed by atoms with Gasteiger partial charge in [-0.2, -0.15) is 8.78 Å². The molecule has 1 amide bonds. The van der Waals surface area contributed by atoms with Crippen molar-refractivity contribution in [2.45, 2.75) is 18.5 Å². The van der Waals surface area contributed by atoms with Crippen LogP contribution in [0.25, 0.3) is 10.2 Å². The number of hydrogen-bond donors (Lipinski definition) is 2. The fraction of sp³-hybridized carbons (Fsp3) is 0.348. The highest BCUT2D eigenvalue weighted by atomic mass is 32.1. The summed E-state index contributed by atoms with van der Waals surface area (Å²) in [7, 11) is 3.67. The van der Waals surface area contributed by atoms with Gasteiger partial charge in [0.05, 0.1) is 18.0 Å². The number of aromatic nitrogens is 2. The number of thiophene rings is 1. The molecular weight excluding hydrogens is 448 g/mol. The van der Waals surface area contributed by atoms with Crippen molar-refractivity contribution in [1.29, 1.82) is 0 Å². The minimum absolute atomic E-state index is 0.118. The smallest absolute Gasteiger partial charge is 0.364 e. The van der Waals surface area contributed by atoms with Gasteiger partial charge in [-0.15, -0.1) is 11.3 Å². The molecule has 0 aliphatic carbocycles. The zero-order valence-electron chi connectivity index (χ0n) is 18.3. The van der Waals surface area contributed by atoms with Gasteiger partial charge in [-0.1, -0.05) is 36.4 Å². The second kappa shape index (κ2) is 9.50. The summed E-state index contributed by atoms with van der Waals surface area (Å²) in [4.78, 5) is 23.7. The van der Waals surface area contributed by atoms with E-state index in [1.807, 2.05) is 49.3 Å². The molecule has 0 unspecified atom stereocenters. The molecule has 1 aliphatic rings. The van der Waals surface area contributed by atoms with Gasteiger partial charge in [0.15, 0.2) is 0 Å². The van der Waals surface area contributed by atoms with Crippen LogP contribution >= 0.6 is 11.3 Å². The molecule has 10 heteroatoms. The van der Waals surface area contributed by atoms with E-state index in [-0.39, 0.29) is 24.4 Å². The highest BCUT2D eigenvalue weighted by molar-refractivity contribution is 7.19. The van der Waals surface area contributed by atoms with Crippen molar-refractivity contribution in [3.05, 3.63) is 64.8 Å². The molecule has 1 atom stereocenters. The molecule has 0 radical (unpaired) electrons. The lowest BCUT2D eigenvalue weighted by atomic mass is 10.0. The van der Waals surface area contributed by atoms with Crippen molar-refractivity contribution >= 4 is 33.3 Å². The molecule has 2 aromatic heterocycles. The molecule has 0 bridgehead atoms. The van der Waals surface area contributed by atoms with E-state index in [0.717, 1.165) is 16.9 Å². The van der Waals surface area contributed by atoms with Crippen LogP contribution in [-0.4, -0.2) is 64.6 Å².